The van der Waals surface area contributed by atoms with E-state index in [0.29, 0.717) is 22.5 Å². The SMILES string of the molecule is COc1ccc(Br)c([C@H](O)[C@H]2CCC=CC2=O)n1. The van der Waals surface area contributed by atoms with Crippen molar-refractivity contribution in [1.29, 1.82) is 0 Å². The number of pyridine rings is 1. The highest BCUT2D eigenvalue weighted by atomic mass is 79.9. The van der Waals surface area contributed by atoms with Gasteiger partial charge in [-0.15, -0.1) is 0 Å². The molecule has 0 saturated heterocycles. The minimum absolute atomic E-state index is 0.0507. The molecule has 0 unspecified atom stereocenters. The molecule has 2 atom stereocenters. The van der Waals surface area contributed by atoms with Crippen molar-refractivity contribution >= 4 is 21.7 Å². The molecule has 0 spiro atoms. The van der Waals surface area contributed by atoms with Gasteiger partial charge in [0.1, 0.15) is 6.10 Å². The Morgan fingerprint density at radius 1 is 1.56 bits per heavy atom. The van der Waals surface area contributed by atoms with Crippen LogP contribution in [0.1, 0.15) is 24.6 Å². The number of nitrogens with zero attached hydrogens (tertiary/aromatic N) is 1. The molecular formula is C13H14BrNO3. The van der Waals surface area contributed by atoms with Gasteiger partial charge in [-0.1, -0.05) is 6.08 Å². The Kier molecular flexibility index (Phi) is 4.14. The van der Waals surface area contributed by atoms with Gasteiger partial charge in [0.2, 0.25) is 5.88 Å². The van der Waals surface area contributed by atoms with Crippen LogP contribution < -0.4 is 4.74 Å². The van der Waals surface area contributed by atoms with Crippen molar-refractivity contribution < 1.29 is 14.6 Å². The second-order valence-corrected chi connectivity index (χ2v) is 5.01. The van der Waals surface area contributed by atoms with Gasteiger partial charge in [0.15, 0.2) is 5.78 Å². The summed E-state index contributed by atoms with van der Waals surface area (Å²) < 4.78 is 5.71. The van der Waals surface area contributed by atoms with E-state index < -0.39 is 12.0 Å². The molecular weight excluding hydrogens is 298 g/mol. The molecule has 0 amide bonds. The molecule has 1 aromatic rings. The number of methoxy groups -OCH3 is 1. The number of aliphatic hydroxyl groups excluding tert-OH is 1. The quantitative estimate of drug-likeness (QED) is 0.931. The number of carbonyl (C=O) groups excluding carboxylic acids is 1. The number of hydrogen-bond acceptors (Lipinski definition) is 4. The highest BCUT2D eigenvalue weighted by molar-refractivity contribution is 9.10. The zero-order valence-corrected chi connectivity index (χ0v) is 11.6. The number of allylic oxidation sites excluding steroid dienone is 2. The van der Waals surface area contributed by atoms with Gasteiger partial charge in [-0.05, 0) is 40.9 Å². The van der Waals surface area contributed by atoms with Gasteiger partial charge in [-0.25, -0.2) is 4.98 Å². The molecule has 0 aromatic carbocycles. The molecule has 2 rings (SSSR count). The lowest BCUT2D eigenvalue weighted by atomic mass is 9.87. The largest absolute Gasteiger partial charge is 0.481 e. The Labute approximate surface area is 114 Å². The van der Waals surface area contributed by atoms with Crippen molar-refractivity contribution in [2.24, 2.45) is 5.92 Å². The number of ether oxygens (including phenoxy) is 1. The van der Waals surface area contributed by atoms with Crippen molar-refractivity contribution in [2.45, 2.75) is 18.9 Å². The first-order valence-corrected chi connectivity index (χ1v) is 6.51. The number of rotatable bonds is 3. The molecule has 0 aliphatic heterocycles. The molecule has 0 radical (unpaired) electrons. The molecule has 1 aromatic heterocycles. The Balaban J connectivity index is 2.30. The van der Waals surface area contributed by atoms with Crippen LogP contribution in [0, 0.1) is 5.92 Å². The lowest BCUT2D eigenvalue weighted by Crippen LogP contribution is -2.24. The van der Waals surface area contributed by atoms with Crippen LogP contribution in [0.4, 0.5) is 0 Å². The first-order chi connectivity index (χ1) is 8.63. The molecule has 4 nitrogen and oxygen atoms in total. The summed E-state index contributed by atoms with van der Waals surface area (Å²) in [5.74, 6) is -0.0535. The normalized spacial score (nSPS) is 20.8. The van der Waals surface area contributed by atoms with Crippen LogP contribution in [0.25, 0.3) is 0 Å². The zero-order chi connectivity index (χ0) is 13.1. The molecule has 1 heterocycles. The number of aliphatic hydroxyl groups is 1. The first-order valence-electron chi connectivity index (χ1n) is 5.72. The van der Waals surface area contributed by atoms with Gasteiger partial charge >= 0.3 is 0 Å². The van der Waals surface area contributed by atoms with Gasteiger partial charge in [0.25, 0.3) is 0 Å². The number of carbonyl (C=O) groups is 1. The van der Waals surface area contributed by atoms with E-state index in [9.17, 15) is 9.90 Å². The average Bonchev–Trinajstić information content (AvgIpc) is 2.39. The first kappa shape index (κ1) is 13.2. The van der Waals surface area contributed by atoms with Crippen LogP contribution in [0.3, 0.4) is 0 Å². The number of halogens is 1. The number of aromatic nitrogens is 1. The molecule has 1 N–H and O–H groups in total. The average molecular weight is 312 g/mol. The summed E-state index contributed by atoms with van der Waals surface area (Å²) in [5.41, 5.74) is 0.447. The standard InChI is InChI=1S/C13H14BrNO3/c1-18-11-7-6-9(14)12(15-11)13(17)8-4-2-3-5-10(8)16/h3,5-8,13,17H,2,4H2,1H3/t8-,13+/m0/s1. The van der Waals surface area contributed by atoms with E-state index in [4.69, 9.17) is 4.74 Å². The summed E-state index contributed by atoms with van der Waals surface area (Å²) in [6, 6.07) is 3.45. The predicted octanol–water partition coefficient (Wildman–Crippen LogP) is 2.42. The van der Waals surface area contributed by atoms with Crippen LogP contribution in [-0.2, 0) is 4.79 Å². The number of hydrogen-bond donors (Lipinski definition) is 1. The maximum atomic E-state index is 11.8. The van der Waals surface area contributed by atoms with Crippen LogP contribution in [0.5, 0.6) is 5.88 Å². The summed E-state index contributed by atoms with van der Waals surface area (Å²) in [6.07, 6.45) is 3.90. The Bertz CT molecular complexity index is 487. The van der Waals surface area contributed by atoms with E-state index >= 15 is 0 Å². The van der Waals surface area contributed by atoms with E-state index in [0.717, 1.165) is 6.42 Å². The third-order valence-corrected chi connectivity index (χ3v) is 3.68. The summed E-state index contributed by atoms with van der Waals surface area (Å²) >= 11 is 3.34. The Hall–Kier alpha value is -1.20. The third-order valence-electron chi connectivity index (χ3n) is 3.01. The van der Waals surface area contributed by atoms with Crippen molar-refractivity contribution in [1.82, 2.24) is 4.98 Å². The highest BCUT2D eigenvalue weighted by Crippen LogP contribution is 2.33. The van der Waals surface area contributed by atoms with Crippen molar-refractivity contribution in [2.75, 3.05) is 7.11 Å². The van der Waals surface area contributed by atoms with Crippen LogP contribution in [-0.4, -0.2) is 23.0 Å². The summed E-state index contributed by atoms with van der Waals surface area (Å²) in [6.45, 7) is 0. The lowest BCUT2D eigenvalue weighted by molar-refractivity contribution is -0.122. The van der Waals surface area contributed by atoms with Crippen molar-refractivity contribution in [3.05, 3.63) is 34.5 Å². The second kappa shape index (κ2) is 5.63. The van der Waals surface area contributed by atoms with E-state index in [1.807, 2.05) is 6.08 Å². The second-order valence-electron chi connectivity index (χ2n) is 4.15. The lowest BCUT2D eigenvalue weighted by Gasteiger charge is -2.23. The van der Waals surface area contributed by atoms with Gasteiger partial charge in [0, 0.05) is 10.5 Å². The Morgan fingerprint density at radius 3 is 3.00 bits per heavy atom. The van der Waals surface area contributed by atoms with E-state index in [-0.39, 0.29) is 5.78 Å². The van der Waals surface area contributed by atoms with Crippen LogP contribution in [0.2, 0.25) is 0 Å². The minimum Gasteiger partial charge on any atom is -0.481 e. The molecule has 1 aliphatic rings. The summed E-state index contributed by atoms with van der Waals surface area (Å²) in [4.78, 5) is 16.0. The molecule has 0 fully saturated rings. The van der Waals surface area contributed by atoms with E-state index in [1.54, 1.807) is 12.1 Å². The topological polar surface area (TPSA) is 59.4 Å². The van der Waals surface area contributed by atoms with Crippen molar-refractivity contribution in [3.63, 3.8) is 0 Å². The minimum atomic E-state index is -0.910. The smallest absolute Gasteiger partial charge is 0.213 e. The number of ketones is 1. The van der Waals surface area contributed by atoms with E-state index in [2.05, 4.69) is 20.9 Å². The van der Waals surface area contributed by atoms with E-state index in [1.165, 1.54) is 13.2 Å². The maximum absolute atomic E-state index is 11.8. The molecule has 1 aliphatic carbocycles. The zero-order valence-electron chi connectivity index (χ0n) is 9.97. The molecule has 5 heteroatoms. The summed E-state index contributed by atoms with van der Waals surface area (Å²) in [5, 5.41) is 10.3. The molecule has 18 heavy (non-hydrogen) atoms. The Morgan fingerprint density at radius 2 is 2.33 bits per heavy atom. The fourth-order valence-corrected chi connectivity index (χ4v) is 2.46. The van der Waals surface area contributed by atoms with Crippen LogP contribution in [0.15, 0.2) is 28.8 Å². The fourth-order valence-electron chi connectivity index (χ4n) is 2.01. The van der Waals surface area contributed by atoms with Gasteiger partial charge in [-0.3, -0.25) is 4.79 Å². The summed E-state index contributed by atoms with van der Waals surface area (Å²) in [7, 11) is 1.51. The molecule has 0 bridgehead atoms. The van der Waals surface area contributed by atoms with Crippen LogP contribution >= 0.6 is 15.9 Å². The third kappa shape index (κ3) is 2.62. The van der Waals surface area contributed by atoms with Gasteiger partial charge < -0.3 is 9.84 Å². The fraction of sp³-hybridized carbons (Fsp3) is 0.385. The maximum Gasteiger partial charge on any atom is 0.213 e. The highest BCUT2D eigenvalue weighted by Gasteiger charge is 2.30. The molecule has 96 valence electrons. The van der Waals surface area contributed by atoms with Gasteiger partial charge in [-0.2, -0.15) is 0 Å². The predicted molar refractivity (Wildman–Crippen MR) is 70.3 cm³/mol. The monoisotopic (exact) mass is 311 g/mol. The van der Waals surface area contributed by atoms with Crippen molar-refractivity contribution in [3.8, 4) is 5.88 Å². The molecule has 0 saturated carbocycles. The van der Waals surface area contributed by atoms with Gasteiger partial charge in [0.05, 0.1) is 18.7 Å².